The smallest absolute Gasteiger partial charge is 0.325 e. The minimum absolute atomic E-state index is 0.0153. The van der Waals surface area contributed by atoms with Crippen LogP contribution in [0.15, 0.2) is 53.4 Å². The van der Waals surface area contributed by atoms with Gasteiger partial charge in [-0.05, 0) is 37.1 Å². The largest absolute Gasteiger partial charge is 0.379 e. The van der Waals surface area contributed by atoms with E-state index in [-0.39, 0.29) is 17.3 Å². The van der Waals surface area contributed by atoms with Gasteiger partial charge >= 0.3 is 6.03 Å². The number of carbonyl (C=O) groups is 2. The van der Waals surface area contributed by atoms with Crippen molar-refractivity contribution in [2.24, 2.45) is 0 Å². The highest BCUT2D eigenvalue weighted by atomic mass is 32.2. The summed E-state index contributed by atoms with van der Waals surface area (Å²) in [5.74, 6) is -0.372. The molecule has 0 unspecified atom stereocenters. The topological polar surface area (TPSA) is 96.0 Å². The highest BCUT2D eigenvalue weighted by molar-refractivity contribution is 7.89. The predicted octanol–water partition coefficient (Wildman–Crippen LogP) is 1.98. The third kappa shape index (κ3) is 3.96. The molecule has 31 heavy (non-hydrogen) atoms. The van der Waals surface area contributed by atoms with Crippen molar-refractivity contribution in [1.29, 1.82) is 0 Å². The van der Waals surface area contributed by atoms with E-state index in [2.05, 4.69) is 5.32 Å². The SMILES string of the molecule is Cc1ccc([C@@]2(C)NC(=O)N(Cc3cccc(S(=O)(=O)N4CCOCC4)c3)C2=O)cc1. The maximum Gasteiger partial charge on any atom is 0.325 e. The standard InChI is InChI=1S/C22H25N3O5S/c1-16-6-8-18(9-7-16)22(2)20(26)25(21(27)23-22)15-17-4-3-5-19(14-17)31(28,29)24-10-12-30-13-11-24/h3-9,14H,10-13,15H2,1-2H3,(H,23,27)/t22-/m1/s1. The molecule has 3 amide bonds. The van der Waals surface area contributed by atoms with E-state index in [9.17, 15) is 18.0 Å². The molecule has 0 aromatic heterocycles. The molecule has 0 spiro atoms. The number of nitrogens with zero attached hydrogens (tertiary/aromatic N) is 2. The Morgan fingerprint density at radius 1 is 1.06 bits per heavy atom. The zero-order valence-corrected chi connectivity index (χ0v) is 18.3. The van der Waals surface area contributed by atoms with Crippen molar-refractivity contribution >= 4 is 22.0 Å². The summed E-state index contributed by atoms with van der Waals surface area (Å²) in [5, 5.41) is 2.78. The summed E-state index contributed by atoms with van der Waals surface area (Å²) in [7, 11) is -3.67. The van der Waals surface area contributed by atoms with Crippen molar-refractivity contribution in [3.8, 4) is 0 Å². The molecule has 8 nitrogen and oxygen atoms in total. The van der Waals surface area contributed by atoms with E-state index >= 15 is 0 Å². The van der Waals surface area contributed by atoms with E-state index in [0.29, 0.717) is 37.4 Å². The van der Waals surface area contributed by atoms with Crippen LogP contribution in [0, 0.1) is 6.92 Å². The predicted molar refractivity (Wildman–Crippen MR) is 114 cm³/mol. The number of aryl methyl sites for hydroxylation is 1. The van der Waals surface area contributed by atoms with Crippen molar-refractivity contribution in [3.05, 3.63) is 65.2 Å². The lowest BCUT2D eigenvalue weighted by atomic mass is 9.91. The Morgan fingerprint density at radius 2 is 1.74 bits per heavy atom. The highest BCUT2D eigenvalue weighted by Crippen LogP contribution is 2.30. The molecule has 2 saturated heterocycles. The molecular formula is C22H25N3O5S. The fraction of sp³-hybridized carbons (Fsp3) is 0.364. The van der Waals surface area contributed by atoms with E-state index < -0.39 is 21.6 Å². The highest BCUT2D eigenvalue weighted by Gasteiger charge is 2.48. The number of benzene rings is 2. The van der Waals surface area contributed by atoms with Crippen LogP contribution in [0.25, 0.3) is 0 Å². The number of sulfonamides is 1. The van der Waals surface area contributed by atoms with Crippen molar-refractivity contribution in [1.82, 2.24) is 14.5 Å². The molecule has 0 saturated carbocycles. The molecule has 2 heterocycles. The Bertz CT molecular complexity index is 1110. The van der Waals surface area contributed by atoms with E-state index in [1.54, 1.807) is 19.1 Å². The van der Waals surface area contributed by atoms with Gasteiger partial charge in [0.1, 0.15) is 5.54 Å². The number of urea groups is 1. The molecule has 2 aromatic carbocycles. The van der Waals surface area contributed by atoms with Gasteiger partial charge in [-0.1, -0.05) is 42.0 Å². The van der Waals surface area contributed by atoms with Crippen LogP contribution in [-0.4, -0.2) is 55.9 Å². The van der Waals surface area contributed by atoms with Gasteiger partial charge in [-0.25, -0.2) is 13.2 Å². The van der Waals surface area contributed by atoms with Gasteiger partial charge in [0.2, 0.25) is 10.0 Å². The van der Waals surface area contributed by atoms with Crippen LogP contribution in [0.2, 0.25) is 0 Å². The van der Waals surface area contributed by atoms with Crippen LogP contribution in [0.5, 0.6) is 0 Å². The van der Waals surface area contributed by atoms with Gasteiger partial charge in [-0.15, -0.1) is 0 Å². The molecule has 2 aliphatic rings. The second kappa shape index (κ2) is 8.07. The van der Waals surface area contributed by atoms with Crippen LogP contribution < -0.4 is 5.32 Å². The molecule has 4 rings (SSSR count). The van der Waals surface area contributed by atoms with Crippen LogP contribution in [0.4, 0.5) is 4.79 Å². The Morgan fingerprint density at radius 3 is 2.42 bits per heavy atom. The molecule has 0 aliphatic carbocycles. The molecule has 0 radical (unpaired) electrons. The Labute approximate surface area is 181 Å². The third-order valence-electron chi connectivity index (χ3n) is 5.75. The van der Waals surface area contributed by atoms with E-state index in [1.165, 1.54) is 16.4 Å². The molecular weight excluding hydrogens is 418 g/mol. The second-order valence-electron chi connectivity index (χ2n) is 7.98. The van der Waals surface area contributed by atoms with Crippen molar-refractivity contribution in [2.75, 3.05) is 26.3 Å². The zero-order valence-electron chi connectivity index (χ0n) is 17.5. The molecule has 1 atom stereocenters. The van der Waals surface area contributed by atoms with Gasteiger partial charge in [-0.3, -0.25) is 9.69 Å². The molecule has 9 heteroatoms. The molecule has 2 aliphatic heterocycles. The zero-order chi connectivity index (χ0) is 22.2. The monoisotopic (exact) mass is 443 g/mol. The summed E-state index contributed by atoms with van der Waals surface area (Å²) in [6, 6.07) is 13.3. The first-order valence-electron chi connectivity index (χ1n) is 10.1. The van der Waals surface area contributed by atoms with Crippen molar-refractivity contribution < 1.29 is 22.7 Å². The van der Waals surface area contributed by atoms with E-state index in [0.717, 1.165) is 10.5 Å². The minimum Gasteiger partial charge on any atom is -0.379 e. The average molecular weight is 444 g/mol. The van der Waals surface area contributed by atoms with Gasteiger partial charge in [0, 0.05) is 13.1 Å². The van der Waals surface area contributed by atoms with Crippen LogP contribution in [0.3, 0.4) is 0 Å². The van der Waals surface area contributed by atoms with E-state index in [4.69, 9.17) is 4.74 Å². The number of rotatable bonds is 5. The van der Waals surface area contributed by atoms with Gasteiger partial charge in [0.25, 0.3) is 5.91 Å². The number of hydrogen-bond acceptors (Lipinski definition) is 5. The Balaban J connectivity index is 1.57. The number of nitrogens with one attached hydrogen (secondary N) is 1. The maximum atomic E-state index is 13.2. The van der Waals surface area contributed by atoms with Gasteiger partial charge in [0.05, 0.1) is 24.7 Å². The summed E-state index contributed by atoms with van der Waals surface area (Å²) >= 11 is 0. The summed E-state index contributed by atoms with van der Waals surface area (Å²) in [5.41, 5.74) is 1.15. The number of hydrogen-bond donors (Lipinski definition) is 1. The average Bonchev–Trinajstić information content (AvgIpc) is 2.99. The summed E-state index contributed by atoms with van der Waals surface area (Å²) in [6.07, 6.45) is 0. The molecule has 2 aromatic rings. The molecule has 1 N–H and O–H groups in total. The fourth-order valence-electron chi connectivity index (χ4n) is 3.85. The number of amides is 3. The maximum absolute atomic E-state index is 13.2. The Kier molecular flexibility index (Phi) is 5.59. The van der Waals surface area contributed by atoms with Gasteiger partial charge in [-0.2, -0.15) is 4.31 Å². The first kappa shape index (κ1) is 21.5. The number of morpholine rings is 1. The number of ether oxygens (including phenoxy) is 1. The van der Waals surface area contributed by atoms with E-state index in [1.807, 2.05) is 31.2 Å². The fourth-order valence-corrected chi connectivity index (χ4v) is 5.32. The lowest BCUT2D eigenvalue weighted by molar-refractivity contribution is -0.131. The lowest BCUT2D eigenvalue weighted by Gasteiger charge is -2.26. The number of imide groups is 1. The normalized spacial score (nSPS) is 22.6. The van der Waals surface area contributed by atoms with Gasteiger partial charge in [0.15, 0.2) is 0 Å². The van der Waals surface area contributed by atoms with Crippen LogP contribution in [-0.2, 0) is 31.6 Å². The lowest BCUT2D eigenvalue weighted by Crippen LogP contribution is -2.41. The van der Waals surface area contributed by atoms with Gasteiger partial charge < -0.3 is 10.1 Å². The first-order chi connectivity index (χ1) is 14.7. The summed E-state index contributed by atoms with van der Waals surface area (Å²) < 4.78 is 32.5. The quantitative estimate of drug-likeness (QED) is 0.713. The van der Waals surface area contributed by atoms with Crippen molar-refractivity contribution in [2.45, 2.75) is 30.8 Å². The molecule has 0 bridgehead atoms. The van der Waals surface area contributed by atoms with Crippen molar-refractivity contribution in [3.63, 3.8) is 0 Å². The number of carbonyl (C=O) groups excluding carboxylic acids is 2. The Hall–Kier alpha value is -2.75. The first-order valence-corrected chi connectivity index (χ1v) is 11.5. The minimum atomic E-state index is -3.67. The summed E-state index contributed by atoms with van der Waals surface area (Å²) in [4.78, 5) is 27.1. The second-order valence-corrected chi connectivity index (χ2v) is 9.91. The van der Waals surface area contributed by atoms with Crippen LogP contribution >= 0.6 is 0 Å². The summed E-state index contributed by atoms with van der Waals surface area (Å²) in [6.45, 7) is 4.93. The molecule has 164 valence electrons. The third-order valence-corrected chi connectivity index (χ3v) is 7.65. The molecule has 2 fully saturated rings. The van der Waals surface area contributed by atoms with Crippen LogP contribution in [0.1, 0.15) is 23.6 Å².